The maximum Gasteiger partial charge on any atom is 0.224 e. The molecule has 0 aliphatic heterocycles. The molecule has 1 aromatic carbocycles. The summed E-state index contributed by atoms with van der Waals surface area (Å²) in [6.07, 6.45) is 28.8. The van der Waals surface area contributed by atoms with Crippen LogP contribution in [0.3, 0.4) is 0 Å². The van der Waals surface area contributed by atoms with Gasteiger partial charge in [-0.25, -0.2) is 0 Å². The highest BCUT2D eigenvalue weighted by Crippen LogP contribution is 2.38. The highest BCUT2D eigenvalue weighted by atomic mass is 16.5. The van der Waals surface area contributed by atoms with Crippen LogP contribution in [0.25, 0.3) is 0 Å². The molecule has 0 aliphatic rings. The molecule has 5 nitrogen and oxygen atoms in total. The number of ether oxygens (including phenoxy) is 3. The Kier molecular flexibility index (Phi) is 16.3. The SMILES string of the molecule is CC/C=C/C/C=C/C/C=C/C/C=C/C/C=C/CCCC(=O)Nc1c(OC)cc(OC)cc1OC. The Morgan fingerprint density at radius 1 is 0.735 bits per heavy atom. The summed E-state index contributed by atoms with van der Waals surface area (Å²) in [6.45, 7) is 2.15. The van der Waals surface area contributed by atoms with Crippen molar-refractivity contribution in [3.63, 3.8) is 0 Å². The lowest BCUT2D eigenvalue weighted by Gasteiger charge is -2.15. The topological polar surface area (TPSA) is 56.8 Å². The van der Waals surface area contributed by atoms with Gasteiger partial charge >= 0.3 is 0 Å². The van der Waals surface area contributed by atoms with Crippen molar-refractivity contribution in [2.45, 2.75) is 58.3 Å². The maximum atomic E-state index is 12.4. The van der Waals surface area contributed by atoms with Crippen LogP contribution in [0, 0.1) is 0 Å². The number of methoxy groups -OCH3 is 3. The fraction of sp³-hybridized carbons (Fsp3) is 0.414. The van der Waals surface area contributed by atoms with Gasteiger partial charge in [0.2, 0.25) is 5.91 Å². The minimum atomic E-state index is -0.0749. The van der Waals surface area contributed by atoms with E-state index in [1.54, 1.807) is 33.5 Å². The molecule has 0 atom stereocenters. The van der Waals surface area contributed by atoms with Crippen molar-refractivity contribution >= 4 is 11.6 Å². The van der Waals surface area contributed by atoms with Crippen molar-refractivity contribution in [3.8, 4) is 17.2 Å². The maximum absolute atomic E-state index is 12.4. The van der Waals surface area contributed by atoms with Crippen molar-refractivity contribution in [2.24, 2.45) is 0 Å². The Bertz CT molecular complexity index is 825. The second-order valence-electron chi connectivity index (χ2n) is 7.56. The highest BCUT2D eigenvalue weighted by molar-refractivity contribution is 5.94. The largest absolute Gasteiger partial charge is 0.496 e. The van der Waals surface area contributed by atoms with E-state index in [0.717, 1.165) is 44.9 Å². The summed E-state index contributed by atoms with van der Waals surface area (Å²) >= 11 is 0. The number of carbonyl (C=O) groups excluding carboxylic acids is 1. The fourth-order valence-corrected chi connectivity index (χ4v) is 3.08. The van der Waals surface area contributed by atoms with E-state index in [2.05, 4.69) is 73.0 Å². The molecule has 1 aromatic rings. The summed E-state index contributed by atoms with van der Waals surface area (Å²) < 4.78 is 16.0. The number of amides is 1. The van der Waals surface area contributed by atoms with E-state index < -0.39 is 0 Å². The Hall–Kier alpha value is -3.21. The molecule has 1 N–H and O–H groups in total. The van der Waals surface area contributed by atoms with Crippen LogP contribution >= 0.6 is 0 Å². The number of unbranched alkanes of at least 4 members (excludes halogenated alkanes) is 1. The summed E-state index contributed by atoms with van der Waals surface area (Å²) in [4.78, 5) is 12.4. The van der Waals surface area contributed by atoms with Crippen molar-refractivity contribution in [1.29, 1.82) is 0 Å². The van der Waals surface area contributed by atoms with Crippen LogP contribution in [0.2, 0.25) is 0 Å². The molecule has 0 saturated heterocycles. The predicted octanol–water partition coefficient (Wildman–Crippen LogP) is 7.57. The number of rotatable bonds is 17. The Morgan fingerprint density at radius 3 is 1.65 bits per heavy atom. The number of allylic oxidation sites excluding steroid dienone is 10. The number of hydrogen-bond acceptors (Lipinski definition) is 4. The first-order chi connectivity index (χ1) is 16.7. The van der Waals surface area contributed by atoms with Gasteiger partial charge < -0.3 is 19.5 Å². The average molecular weight is 468 g/mol. The lowest BCUT2D eigenvalue weighted by atomic mass is 10.2. The van der Waals surface area contributed by atoms with Gasteiger partial charge in [-0.1, -0.05) is 67.7 Å². The van der Waals surface area contributed by atoms with Crippen molar-refractivity contribution < 1.29 is 19.0 Å². The molecule has 0 spiro atoms. The van der Waals surface area contributed by atoms with Crippen LogP contribution in [0.1, 0.15) is 58.3 Å². The normalized spacial score (nSPS) is 12.0. The lowest BCUT2D eigenvalue weighted by Crippen LogP contribution is -2.13. The molecular weight excluding hydrogens is 426 g/mol. The number of benzene rings is 1. The van der Waals surface area contributed by atoms with Crippen LogP contribution in [0.5, 0.6) is 17.2 Å². The van der Waals surface area contributed by atoms with E-state index in [-0.39, 0.29) is 5.91 Å². The molecule has 5 heteroatoms. The number of nitrogens with one attached hydrogen (secondary N) is 1. The molecule has 34 heavy (non-hydrogen) atoms. The van der Waals surface area contributed by atoms with Crippen molar-refractivity contribution in [1.82, 2.24) is 0 Å². The first-order valence-electron chi connectivity index (χ1n) is 12.0. The summed E-state index contributed by atoms with van der Waals surface area (Å²) in [6, 6.07) is 3.43. The molecule has 0 aliphatic carbocycles. The standard InChI is InChI=1S/C29H41NO4/c1-5-6-7-8-9-10-11-12-13-14-15-16-17-18-19-20-21-22-28(31)30-29-26(33-3)23-25(32-2)24-27(29)34-4/h6-7,9-10,12-13,15-16,18-19,23-24H,5,8,11,14,17,20-22H2,1-4H3,(H,30,31)/b7-6+,10-9+,13-12+,16-15+,19-18+. The average Bonchev–Trinajstić information content (AvgIpc) is 2.85. The van der Waals surface area contributed by atoms with E-state index in [9.17, 15) is 4.79 Å². The summed E-state index contributed by atoms with van der Waals surface area (Å²) in [5, 5.41) is 2.89. The molecule has 1 amide bonds. The van der Waals surface area contributed by atoms with Gasteiger partial charge in [0.25, 0.3) is 0 Å². The van der Waals surface area contributed by atoms with E-state index in [1.165, 1.54) is 0 Å². The van der Waals surface area contributed by atoms with Gasteiger partial charge in [0, 0.05) is 18.6 Å². The summed E-state index contributed by atoms with van der Waals surface area (Å²) in [7, 11) is 4.66. The molecule has 1 rings (SSSR count). The number of anilines is 1. The molecule has 0 aromatic heterocycles. The zero-order chi connectivity index (χ0) is 24.9. The molecule has 0 radical (unpaired) electrons. The second-order valence-corrected chi connectivity index (χ2v) is 7.56. The Balaban J connectivity index is 2.23. The van der Waals surface area contributed by atoms with Gasteiger partial charge in [-0.05, 0) is 44.9 Å². The monoisotopic (exact) mass is 467 g/mol. The first kappa shape index (κ1) is 28.8. The van der Waals surface area contributed by atoms with E-state index in [1.807, 2.05) is 0 Å². The summed E-state index contributed by atoms with van der Waals surface area (Å²) in [5.74, 6) is 1.53. The minimum absolute atomic E-state index is 0.0749. The minimum Gasteiger partial charge on any atom is -0.496 e. The Morgan fingerprint density at radius 2 is 1.21 bits per heavy atom. The van der Waals surface area contributed by atoms with Crippen LogP contribution in [-0.2, 0) is 4.79 Å². The van der Waals surface area contributed by atoms with Crippen molar-refractivity contribution in [2.75, 3.05) is 26.6 Å². The summed E-state index contributed by atoms with van der Waals surface area (Å²) in [5.41, 5.74) is 0.519. The van der Waals surface area contributed by atoms with Gasteiger partial charge in [0.1, 0.15) is 22.9 Å². The molecule has 0 heterocycles. The Labute approximate surface area is 205 Å². The zero-order valence-corrected chi connectivity index (χ0v) is 21.2. The van der Waals surface area contributed by atoms with Crippen LogP contribution in [0.4, 0.5) is 5.69 Å². The smallest absolute Gasteiger partial charge is 0.224 e. The van der Waals surface area contributed by atoms with Crippen LogP contribution in [-0.4, -0.2) is 27.2 Å². The number of hydrogen-bond donors (Lipinski definition) is 1. The zero-order valence-electron chi connectivity index (χ0n) is 21.2. The van der Waals surface area contributed by atoms with Gasteiger partial charge in [-0.3, -0.25) is 4.79 Å². The van der Waals surface area contributed by atoms with Crippen molar-refractivity contribution in [3.05, 3.63) is 72.9 Å². The van der Waals surface area contributed by atoms with Crippen LogP contribution < -0.4 is 19.5 Å². The fourth-order valence-electron chi connectivity index (χ4n) is 3.08. The molecule has 0 saturated carbocycles. The lowest BCUT2D eigenvalue weighted by molar-refractivity contribution is -0.116. The van der Waals surface area contributed by atoms with Crippen LogP contribution in [0.15, 0.2) is 72.9 Å². The van der Waals surface area contributed by atoms with Gasteiger partial charge in [-0.15, -0.1) is 0 Å². The van der Waals surface area contributed by atoms with E-state index in [4.69, 9.17) is 14.2 Å². The van der Waals surface area contributed by atoms with E-state index in [0.29, 0.717) is 29.4 Å². The molecule has 0 unspecified atom stereocenters. The highest BCUT2D eigenvalue weighted by Gasteiger charge is 2.15. The molecule has 186 valence electrons. The third-order valence-corrected chi connectivity index (χ3v) is 4.91. The van der Waals surface area contributed by atoms with E-state index >= 15 is 0 Å². The third-order valence-electron chi connectivity index (χ3n) is 4.91. The van der Waals surface area contributed by atoms with Gasteiger partial charge in [0.05, 0.1) is 21.3 Å². The predicted molar refractivity (Wildman–Crippen MR) is 143 cm³/mol. The molecular formula is C29H41NO4. The molecule has 0 bridgehead atoms. The van der Waals surface area contributed by atoms with Gasteiger partial charge in [-0.2, -0.15) is 0 Å². The second kappa shape index (κ2) is 19.3. The van der Waals surface area contributed by atoms with Gasteiger partial charge in [0.15, 0.2) is 0 Å². The quantitative estimate of drug-likeness (QED) is 0.190. The first-order valence-corrected chi connectivity index (χ1v) is 12.0. The third kappa shape index (κ3) is 12.7. The molecule has 0 fully saturated rings. The number of carbonyl (C=O) groups is 1.